The molecule has 9 heteroatoms. The maximum atomic E-state index is 13.4. The van der Waals surface area contributed by atoms with E-state index in [4.69, 9.17) is 0 Å². The van der Waals surface area contributed by atoms with Gasteiger partial charge < -0.3 is 4.90 Å². The number of sulfonamides is 1. The summed E-state index contributed by atoms with van der Waals surface area (Å²) in [4.78, 5) is 6.22. The largest absolute Gasteiger partial charge is 0.518 e. The van der Waals surface area contributed by atoms with E-state index in [9.17, 15) is 21.6 Å². The van der Waals surface area contributed by atoms with E-state index < -0.39 is 26.9 Å². The molecule has 1 atom stereocenters. The molecule has 1 aliphatic heterocycles. The highest BCUT2D eigenvalue weighted by Gasteiger charge is 2.49. The highest BCUT2D eigenvalue weighted by molar-refractivity contribution is 7.91. The van der Waals surface area contributed by atoms with E-state index in [1.54, 1.807) is 97.7 Å². The summed E-state index contributed by atoms with van der Waals surface area (Å²) in [7, 11) is -4.17. The van der Waals surface area contributed by atoms with Crippen molar-refractivity contribution in [3.63, 3.8) is 0 Å². The van der Waals surface area contributed by atoms with Gasteiger partial charge in [0.1, 0.15) is 5.54 Å². The van der Waals surface area contributed by atoms with Crippen molar-refractivity contribution < 1.29 is 21.6 Å². The van der Waals surface area contributed by atoms with Gasteiger partial charge in [-0.2, -0.15) is 21.6 Å². The summed E-state index contributed by atoms with van der Waals surface area (Å²) >= 11 is 0. The second-order valence-electron chi connectivity index (χ2n) is 7.68. The Morgan fingerprint density at radius 3 is 2.03 bits per heavy atom. The predicted molar refractivity (Wildman–Crippen MR) is 123 cm³/mol. The Kier molecular flexibility index (Phi) is 5.61. The SMILES string of the molecule is CN1c2ccccc2C(c2ccccc2)=N/C(=N/S(=O)(=O)C(F)(F)F)C1(C)c1ccccc1. The number of anilines is 1. The average Bonchev–Trinajstić information content (AvgIpc) is 2.89. The molecule has 0 aromatic heterocycles. The molecule has 0 radical (unpaired) electrons. The Morgan fingerprint density at radius 1 is 0.879 bits per heavy atom. The molecule has 0 saturated carbocycles. The standard InChI is InChI=1S/C24H20F3N3O2S/c1-23(18-13-7-4-8-14-18)22(29-33(31,32)24(25,26)27)28-21(17-11-5-3-6-12-17)19-15-9-10-16-20(19)30(23)2/h3-16H,1-2H3/b29-22+. The van der Waals surface area contributed by atoms with Gasteiger partial charge in [-0.3, -0.25) is 0 Å². The van der Waals surface area contributed by atoms with Crippen LogP contribution in [0.2, 0.25) is 0 Å². The van der Waals surface area contributed by atoms with Gasteiger partial charge in [-0.05, 0) is 18.6 Å². The topological polar surface area (TPSA) is 62.1 Å². The zero-order valence-corrected chi connectivity index (χ0v) is 18.6. The van der Waals surface area contributed by atoms with Crippen molar-refractivity contribution in [3.05, 3.63) is 102 Å². The van der Waals surface area contributed by atoms with Crippen molar-refractivity contribution in [3.8, 4) is 0 Å². The number of rotatable bonds is 3. The average molecular weight is 472 g/mol. The first-order valence-electron chi connectivity index (χ1n) is 10.0. The van der Waals surface area contributed by atoms with Crippen LogP contribution >= 0.6 is 0 Å². The quantitative estimate of drug-likeness (QED) is 0.532. The first-order chi connectivity index (χ1) is 15.6. The molecule has 0 aliphatic carbocycles. The number of halogens is 3. The number of benzene rings is 3. The van der Waals surface area contributed by atoms with Gasteiger partial charge in [-0.25, -0.2) is 4.99 Å². The molecule has 1 aliphatic rings. The number of likely N-dealkylation sites (N-methyl/N-ethyl adjacent to an activating group) is 1. The van der Waals surface area contributed by atoms with E-state index in [1.807, 2.05) is 6.07 Å². The van der Waals surface area contributed by atoms with E-state index in [0.717, 1.165) is 0 Å². The summed E-state index contributed by atoms with van der Waals surface area (Å²) in [5, 5.41) is 0. The number of para-hydroxylation sites is 1. The van der Waals surface area contributed by atoms with E-state index in [0.29, 0.717) is 28.1 Å². The molecule has 0 N–H and O–H groups in total. The Hall–Kier alpha value is -3.46. The number of hydrogen-bond donors (Lipinski definition) is 0. The van der Waals surface area contributed by atoms with Gasteiger partial charge in [-0.1, -0.05) is 78.9 Å². The molecular weight excluding hydrogens is 451 g/mol. The van der Waals surface area contributed by atoms with E-state index >= 15 is 0 Å². The van der Waals surface area contributed by atoms with Crippen LogP contribution in [0, 0.1) is 0 Å². The minimum Gasteiger partial charge on any atom is -0.358 e. The Morgan fingerprint density at radius 2 is 1.42 bits per heavy atom. The van der Waals surface area contributed by atoms with Gasteiger partial charge in [0.2, 0.25) is 0 Å². The van der Waals surface area contributed by atoms with Crippen molar-refractivity contribution in [2.45, 2.75) is 18.0 Å². The fraction of sp³-hybridized carbons (Fsp3) is 0.167. The van der Waals surface area contributed by atoms with Crippen LogP contribution in [0.3, 0.4) is 0 Å². The lowest BCUT2D eigenvalue weighted by Crippen LogP contribution is -2.47. The summed E-state index contributed by atoms with van der Waals surface area (Å²) in [6.07, 6.45) is 0. The van der Waals surface area contributed by atoms with Gasteiger partial charge in [0.15, 0.2) is 5.84 Å². The van der Waals surface area contributed by atoms with Gasteiger partial charge in [0.25, 0.3) is 0 Å². The molecule has 3 aromatic rings. The smallest absolute Gasteiger partial charge is 0.358 e. The third-order valence-electron chi connectivity index (χ3n) is 5.73. The molecule has 0 fully saturated rings. The monoisotopic (exact) mass is 471 g/mol. The minimum absolute atomic E-state index is 0.328. The van der Waals surface area contributed by atoms with E-state index in [1.165, 1.54) is 0 Å². The van der Waals surface area contributed by atoms with Crippen LogP contribution in [0.25, 0.3) is 0 Å². The van der Waals surface area contributed by atoms with Crippen molar-refractivity contribution in [1.82, 2.24) is 0 Å². The highest BCUT2D eigenvalue weighted by atomic mass is 32.2. The van der Waals surface area contributed by atoms with Crippen LogP contribution in [-0.2, 0) is 15.6 Å². The second-order valence-corrected chi connectivity index (χ2v) is 9.27. The molecule has 170 valence electrons. The molecule has 0 amide bonds. The first kappa shape index (κ1) is 22.7. The Labute approximate surface area is 190 Å². The minimum atomic E-state index is -5.85. The lowest BCUT2D eigenvalue weighted by atomic mass is 9.88. The van der Waals surface area contributed by atoms with Gasteiger partial charge in [0, 0.05) is 23.9 Å². The van der Waals surface area contributed by atoms with Crippen LogP contribution in [0.5, 0.6) is 0 Å². The van der Waals surface area contributed by atoms with Gasteiger partial charge in [-0.15, -0.1) is 4.40 Å². The zero-order valence-electron chi connectivity index (χ0n) is 17.8. The summed E-state index contributed by atoms with van der Waals surface area (Å²) < 4.78 is 67.7. The normalized spacial score (nSPS) is 20.2. The van der Waals surface area contributed by atoms with Crippen molar-refractivity contribution in [2.24, 2.45) is 9.39 Å². The number of alkyl halides is 3. The molecular formula is C24H20F3N3O2S. The van der Waals surface area contributed by atoms with Crippen LogP contribution in [0.15, 0.2) is 94.3 Å². The number of benzodiazepines with no additional fused rings is 1. The van der Waals surface area contributed by atoms with Crippen molar-refractivity contribution in [2.75, 3.05) is 11.9 Å². The molecule has 1 unspecified atom stereocenters. The maximum absolute atomic E-state index is 13.4. The molecule has 1 heterocycles. The fourth-order valence-electron chi connectivity index (χ4n) is 3.81. The van der Waals surface area contributed by atoms with Crippen LogP contribution in [-0.4, -0.2) is 32.5 Å². The summed E-state index contributed by atoms with van der Waals surface area (Å²) in [6, 6.07) is 24.7. The number of amidine groups is 1. The number of nitrogens with zero attached hydrogens (tertiary/aromatic N) is 3. The number of fused-ring (bicyclic) bond motifs is 1. The van der Waals surface area contributed by atoms with Crippen LogP contribution in [0.4, 0.5) is 18.9 Å². The van der Waals surface area contributed by atoms with Gasteiger partial charge >= 0.3 is 15.5 Å². The van der Waals surface area contributed by atoms with Crippen molar-refractivity contribution >= 4 is 27.3 Å². The first-order valence-corrected chi connectivity index (χ1v) is 11.4. The molecule has 0 saturated heterocycles. The Balaban J connectivity index is 2.12. The summed E-state index contributed by atoms with van der Waals surface area (Å²) in [5.41, 5.74) is -4.19. The summed E-state index contributed by atoms with van der Waals surface area (Å²) in [6.45, 7) is 1.61. The molecule has 4 rings (SSSR count). The number of aliphatic imine (C=N–C) groups is 1. The lowest BCUT2D eigenvalue weighted by molar-refractivity contribution is -0.0435. The zero-order chi connectivity index (χ0) is 23.9. The lowest BCUT2D eigenvalue weighted by Gasteiger charge is -2.39. The predicted octanol–water partition coefficient (Wildman–Crippen LogP) is 5.14. The third-order valence-corrected chi connectivity index (χ3v) is 6.73. The molecule has 3 aromatic carbocycles. The molecule has 33 heavy (non-hydrogen) atoms. The van der Waals surface area contributed by atoms with E-state index in [2.05, 4.69) is 9.39 Å². The molecule has 0 spiro atoms. The number of hydrogen-bond acceptors (Lipinski definition) is 3. The second kappa shape index (κ2) is 8.15. The molecule has 5 nitrogen and oxygen atoms in total. The highest BCUT2D eigenvalue weighted by Crippen LogP contribution is 2.40. The Bertz CT molecular complexity index is 1340. The van der Waals surface area contributed by atoms with Crippen LogP contribution < -0.4 is 4.90 Å². The van der Waals surface area contributed by atoms with Crippen molar-refractivity contribution in [1.29, 1.82) is 0 Å². The van der Waals surface area contributed by atoms with E-state index in [-0.39, 0.29) is 0 Å². The van der Waals surface area contributed by atoms with Gasteiger partial charge in [0.05, 0.1) is 5.71 Å². The third kappa shape index (κ3) is 3.93. The fourth-order valence-corrected chi connectivity index (χ4v) is 4.36. The maximum Gasteiger partial charge on any atom is 0.518 e. The van der Waals surface area contributed by atoms with Crippen LogP contribution in [0.1, 0.15) is 23.6 Å². The summed E-state index contributed by atoms with van der Waals surface area (Å²) in [5.74, 6) is -0.483. The molecule has 0 bridgehead atoms.